The second-order valence-corrected chi connectivity index (χ2v) is 5.45. The number of nitrogens with one attached hydrogen (secondary N) is 1. The van der Waals surface area contributed by atoms with Gasteiger partial charge in [0.25, 0.3) is 0 Å². The molecular weight excluding hydrogens is 210 g/mol. The maximum atomic E-state index is 5.68. The van der Waals surface area contributed by atoms with Crippen molar-refractivity contribution in [2.24, 2.45) is 0 Å². The molecule has 0 aromatic heterocycles. The van der Waals surface area contributed by atoms with Gasteiger partial charge < -0.3 is 10.1 Å². The molecule has 2 rings (SSSR count). The maximum Gasteiger partial charge on any atom is 0.127 e. The van der Waals surface area contributed by atoms with Gasteiger partial charge >= 0.3 is 0 Å². The number of benzene rings is 1. The van der Waals surface area contributed by atoms with Crippen molar-refractivity contribution in [3.05, 3.63) is 29.3 Å². The first kappa shape index (κ1) is 12.4. The topological polar surface area (TPSA) is 21.3 Å². The van der Waals surface area contributed by atoms with E-state index in [9.17, 15) is 0 Å². The molecule has 1 heterocycles. The van der Waals surface area contributed by atoms with E-state index in [2.05, 4.69) is 44.3 Å². The van der Waals surface area contributed by atoms with Crippen molar-refractivity contribution in [2.45, 2.75) is 45.1 Å². The summed E-state index contributed by atoms with van der Waals surface area (Å²) in [5.74, 6) is 1.56. The van der Waals surface area contributed by atoms with Crippen LogP contribution < -0.4 is 10.1 Å². The first-order valence-corrected chi connectivity index (χ1v) is 6.51. The van der Waals surface area contributed by atoms with Crippen molar-refractivity contribution in [1.82, 2.24) is 5.32 Å². The summed E-state index contributed by atoms with van der Waals surface area (Å²) < 4.78 is 5.68. The summed E-state index contributed by atoms with van der Waals surface area (Å²) in [6.45, 7) is 7.81. The molecule has 1 saturated heterocycles. The average Bonchev–Trinajstić information content (AvgIpc) is 2.76. The van der Waals surface area contributed by atoms with Crippen LogP contribution in [0.3, 0.4) is 0 Å². The first-order chi connectivity index (χ1) is 8.08. The molecule has 0 spiro atoms. The standard InChI is InChI=1S/C15H23NO/c1-11(2)12-7-5-8-13(14(12)17-4)15(3)9-6-10-16-15/h5,7-8,11,16H,6,9-10H2,1-4H3. The molecule has 1 N–H and O–H groups in total. The van der Waals surface area contributed by atoms with E-state index in [0.717, 1.165) is 12.3 Å². The molecule has 1 aromatic carbocycles. The summed E-state index contributed by atoms with van der Waals surface area (Å²) in [5.41, 5.74) is 2.69. The van der Waals surface area contributed by atoms with E-state index in [0.29, 0.717) is 5.92 Å². The van der Waals surface area contributed by atoms with Crippen LogP contribution in [0.5, 0.6) is 5.75 Å². The predicted molar refractivity (Wildman–Crippen MR) is 71.7 cm³/mol. The lowest BCUT2D eigenvalue weighted by molar-refractivity contribution is 0.366. The lowest BCUT2D eigenvalue weighted by atomic mass is 9.86. The Morgan fingerprint density at radius 2 is 2.12 bits per heavy atom. The fourth-order valence-electron chi connectivity index (χ4n) is 2.80. The zero-order valence-electron chi connectivity index (χ0n) is 11.3. The summed E-state index contributed by atoms with van der Waals surface area (Å²) >= 11 is 0. The average molecular weight is 233 g/mol. The Kier molecular flexibility index (Phi) is 3.43. The molecular formula is C15H23NO. The third kappa shape index (κ3) is 2.19. The normalized spacial score (nSPS) is 24.3. The molecule has 94 valence electrons. The van der Waals surface area contributed by atoms with E-state index in [1.54, 1.807) is 7.11 Å². The van der Waals surface area contributed by atoms with E-state index in [1.807, 2.05) is 0 Å². The number of methoxy groups -OCH3 is 1. The second-order valence-electron chi connectivity index (χ2n) is 5.45. The van der Waals surface area contributed by atoms with Gasteiger partial charge in [0.1, 0.15) is 5.75 Å². The number of hydrogen-bond donors (Lipinski definition) is 1. The van der Waals surface area contributed by atoms with E-state index in [-0.39, 0.29) is 5.54 Å². The highest BCUT2D eigenvalue weighted by atomic mass is 16.5. The van der Waals surface area contributed by atoms with E-state index in [4.69, 9.17) is 4.74 Å². The number of hydrogen-bond acceptors (Lipinski definition) is 2. The van der Waals surface area contributed by atoms with Crippen molar-refractivity contribution in [3.63, 3.8) is 0 Å². The summed E-state index contributed by atoms with van der Waals surface area (Å²) in [6.07, 6.45) is 2.43. The van der Waals surface area contributed by atoms with Crippen LogP contribution in [0.4, 0.5) is 0 Å². The molecule has 2 nitrogen and oxygen atoms in total. The smallest absolute Gasteiger partial charge is 0.127 e. The Balaban J connectivity index is 2.50. The number of ether oxygens (including phenoxy) is 1. The molecule has 17 heavy (non-hydrogen) atoms. The van der Waals surface area contributed by atoms with Gasteiger partial charge in [0.15, 0.2) is 0 Å². The lowest BCUT2D eigenvalue weighted by Crippen LogP contribution is -2.33. The highest BCUT2D eigenvalue weighted by Gasteiger charge is 2.33. The van der Waals surface area contributed by atoms with Crippen molar-refractivity contribution < 1.29 is 4.74 Å². The Bertz CT molecular complexity index is 392. The summed E-state index contributed by atoms with van der Waals surface area (Å²) in [6, 6.07) is 6.52. The van der Waals surface area contributed by atoms with Crippen molar-refractivity contribution >= 4 is 0 Å². The summed E-state index contributed by atoms with van der Waals surface area (Å²) in [5, 5.41) is 3.61. The van der Waals surface area contributed by atoms with Crippen LogP contribution in [0, 0.1) is 0 Å². The van der Waals surface area contributed by atoms with Crippen LogP contribution in [-0.4, -0.2) is 13.7 Å². The SMILES string of the molecule is COc1c(C(C)C)cccc1C1(C)CCCN1. The minimum Gasteiger partial charge on any atom is -0.496 e. The summed E-state index contributed by atoms with van der Waals surface area (Å²) in [4.78, 5) is 0. The van der Waals surface area contributed by atoms with Gasteiger partial charge in [0, 0.05) is 11.1 Å². The lowest BCUT2D eigenvalue weighted by Gasteiger charge is -2.28. The van der Waals surface area contributed by atoms with Crippen LogP contribution in [-0.2, 0) is 5.54 Å². The van der Waals surface area contributed by atoms with Crippen LogP contribution >= 0.6 is 0 Å². The Morgan fingerprint density at radius 1 is 1.35 bits per heavy atom. The van der Waals surface area contributed by atoms with Gasteiger partial charge in [-0.15, -0.1) is 0 Å². The van der Waals surface area contributed by atoms with Gasteiger partial charge in [-0.2, -0.15) is 0 Å². The number of para-hydroxylation sites is 1. The molecule has 0 amide bonds. The molecule has 0 radical (unpaired) electrons. The van der Waals surface area contributed by atoms with Crippen LogP contribution in [0.15, 0.2) is 18.2 Å². The van der Waals surface area contributed by atoms with E-state index in [1.165, 1.54) is 24.0 Å². The quantitative estimate of drug-likeness (QED) is 0.863. The molecule has 1 fully saturated rings. The van der Waals surface area contributed by atoms with Gasteiger partial charge in [-0.25, -0.2) is 0 Å². The molecule has 1 aliphatic rings. The fourth-order valence-corrected chi connectivity index (χ4v) is 2.80. The highest BCUT2D eigenvalue weighted by molar-refractivity contribution is 5.47. The van der Waals surface area contributed by atoms with Crippen molar-refractivity contribution in [2.75, 3.05) is 13.7 Å². The third-order valence-electron chi connectivity index (χ3n) is 3.83. The van der Waals surface area contributed by atoms with Gasteiger partial charge in [0.05, 0.1) is 7.11 Å². The van der Waals surface area contributed by atoms with Crippen LogP contribution in [0.1, 0.15) is 50.7 Å². The summed E-state index contributed by atoms with van der Waals surface area (Å²) in [7, 11) is 1.78. The molecule has 0 aliphatic carbocycles. The van der Waals surface area contributed by atoms with E-state index >= 15 is 0 Å². The predicted octanol–water partition coefficient (Wildman–Crippen LogP) is 3.42. The van der Waals surface area contributed by atoms with Gasteiger partial charge in [-0.1, -0.05) is 32.0 Å². The van der Waals surface area contributed by atoms with Gasteiger partial charge in [-0.05, 0) is 37.8 Å². The Labute approximate surface area is 104 Å². The third-order valence-corrected chi connectivity index (χ3v) is 3.83. The fraction of sp³-hybridized carbons (Fsp3) is 0.600. The first-order valence-electron chi connectivity index (χ1n) is 6.51. The van der Waals surface area contributed by atoms with Crippen molar-refractivity contribution in [3.8, 4) is 5.75 Å². The largest absolute Gasteiger partial charge is 0.496 e. The molecule has 0 saturated carbocycles. The van der Waals surface area contributed by atoms with E-state index < -0.39 is 0 Å². The molecule has 1 aliphatic heterocycles. The zero-order valence-corrected chi connectivity index (χ0v) is 11.3. The molecule has 0 bridgehead atoms. The molecule has 1 unspecified atom stereocenters. The highest BCUT2D eigenvalue weighted by Crippen LogP contribution is 2.40. The van der Waals surface area contributed by atoms with Gasteiger partial charge in [-0.3, -0.25) is 0 Å². The van der Waals surface area contributed by atoms with Crippen LogP contribution in [0.25, 0.3) is 0 Å². The zero-order chi connectivity index (χ0) is 12.5. The minimum atomic E-state index is 0.0796. The van der Waals surface area contributed by atoms with Crippen molar-refractivity contribution in [1.29, 1.82) is 0 Å². The monoisotopic (exact) mass is 233 g/mol. The minimum absolute atomic E-state index is 0.0796. The Hall–Kier alpha value is -1.02. The molecule has 1 aromatic rings. The number of rotatable bonds is 3. The Morgan fingerprint density at radius 3 is 2.65 bits per heavy atom. The maximum absolute atomic E-state index is 5.68. The van der Waals surface area contributed by atoms with Crippen LogP contribution in [0.2, 0.25) is 0 Å². The van der Waals surface area contributed by atoms with Gasteiger partial charge in [0.2, 0.25) is 0 Å². The molecule has 1 atom stereocenters. The molecule has 2 heteroatoms. The second kappa shape index (κ2) is 4.69.